The van der Waals surface area contributed by atoms with E-state index >= 15 is 0 Å². The molecule has 0 spiro atoms. The lowest BCUT2D eigenvalue weighted by Gasteiger charge is -2.14. The van der Waals surface area contributed by atoms with Gasteiger partial charge in [-0.2, -0.15) is 4.98 Å². The summed E-state index contributed by atoms with van der Waals surface area (Å²) >= 11 is 5.70. The molecule has 0 N–H and O–H groups in total. The highest BCUT2D eigenvalue weighted by atomic mass is 35.5. The van der Waals surface area contributed by atoms with Crippen LogP contribution in [0.25, 0.3) is 11.4 Å². The van der Waals surface area contributed by atoms with Gasteiger partial charge in [0.05, 0.1) is 11.4 Å². The second-order valence-corrected chi connectivity index (χ2v) is 5.90. The molecule has 0 aliphatic heterocycles. The van der Waals surface area contributed by atoms with E-state index in [1.54, 1.807) is 0 Å². The second-order valence-electron chi connectivity index (χ2n) is 5.49. The van der Waals surface area contributed by atoms with Crippen molar-refractivity contribution in [3.8, 4) is 11.4 Å². The average molecular weight is 297 g/mol. The Bertz CT molecular complexity index is 647. The number of hydrogen-bond donors (Lipinski definition) is 0. The van der Waals surface area contributed by atoms with Crippen LogP contribution in [0.2, 0.25) is 5.02 Å². The van der Waals surface area contributed by atoms with Crippen LogP contribution in [-0.2, 0) is 11.2 Å². The maximum atomic E-state index is 13.1. The average Bonchev–Trinajstić information content (AvgIpc) is 2.80. The molecule has 0 saturated heterocycles. The fraction of sp³-hybridized carbons (Fsp3) is 0.357. The van der Waals surface area contributed by atoms with Gasteiger partial charge in [-0.3, -0.25) is 4.79 Å². The summed E-state index contributed by atoms with van der Waals surface area (Å²) in [5, 5.41) is 3.76. The first-order chi connectivity index (χ1) is 9.27. The van der Waals surface area contributed by atoms with Gasteiger partial charge in [-0.05, 0) is 18.2 Å². The van der Waals surface area contributed by atoms with Gasteiger partial charge in [0.1, 0.15) is 11.6 Å². The number of aromatic nitrogens is 2. The number of carbonyl (C=O) groups excluding carboxylic acids is 1. The van der Waals surface area contributed by atoms with Gasteiger partial charge in [0.2, 0.25) is 11.7 Å². The Labute approximate surface area is 120 Å². The molecule has 20 heavy (non-hydrogen) atoms. The Morgan fingerprint density at radius 3 is 2.70 bits per heavy atom. The van der Waals surface area contributed by atoms with Crippen molar-refractivity contribution < 1.29 is 13.7 Å². The van der Waals surface area contributed by atoms with E-state index in [2.05, 4.69) is 10.1 Å². The monoisotopic (exact) mass is 296 g/mol. The van der Waals surface area contributed by atoms with E-state index in [0.717, 1.165) is 0 Å². The Balaban J connectivity index is 2.21. The third-order valence-electron chi connectivity index (χ3n) is 2.79. The van der Waals surface area contributed by atoms with Gasteiger partial charge in [-0.25, -0.2) is 4.39 Å². The lowest BCUT2D eigenvalue weighted by atomic mass is 9.89. The molecule has 0 unspecified atom stereocenters. The molecule has 0 atom stereocenters. The van der Waals surface area contributed by atoms with Crippen molar-refractivity contribution >= 4 is 17.4 Å². The molecule has 1 heterocycles. The Morgan fingerprint density at radius 1 is 1.40 bits per heavy atom. The highest BCUT2D eigenvalue weighted by Gasteiger charge is 2.24. The van der Waals surface area contributed by atoms with Crippen LogP contribution in [0, 0.1) is 11.2 Å². The van der Waals surface area contributed by atoms with Crippen molar-refractivity contribution in [2.75, 3.05) is 0 Å². The van der Waals surface area contributed by atoms with Gasteiger partial charge in [0.25, 0.3) is 0 Å². The molecule has 0 aliphatic rings. The number of Topliss-reactive ketones (excluding diaryl/α,β-unsaturated/α-hetero) is 1. The minimum absolute atomic E-state index is 0.00448. The number of rotatable bonds is 3. The Morgan fingerprint density at radius 2 is 2.10 bits per heavy atom. The molecule has 2 rings (SSSR count). The van der Waals surface area contributed by atoms with Crippen molar-refractivity contribution in [1.29, 1.82) is 0 Å². The molecular weight excluding hydrogens is 283 g/mol. The SMILES string of the molecule is CC(C)(C)C(=O)Cc1nc(-c2ccc(F)c(Cl)c2)no1. The molecule has 0 radical (unpaired) electrons. The van der Waals surface area contributed by atoms with E-state index in [0.29, 0.717) is 5.56 Å². The summed E-state index contributed by atoms with van der Waals surface area (Å²) in [6.07, 6.45) is 0.0748. The zero-order chi connectivity index (χ0) is 14.9. The fourth-order valence-electron chi connectivity index (χ4n) is 1.48. The summed E-state index contributed by atoms with van der Waals surface area (Å²) in [5.74, 6) is 0.0101. The van der Waals surface area contributed by atoms with Gasteiger partial charge < -0.3 is 4.52 Å². The predicted octanol–water partition coefficient (Wildman–Crippen LogP) is 3.69. The summed E-state index contributed by atoms with van der Waals surface area (Å²) in [6.45, 7) is 5.48. The van der Waals surface area contributed by atoms with Crippen LogP contribution in [0.4, 0.5) is 4.39 Å². The van der Waals surface area contributed by atoms with Crippen molar-refractivity contribution in [3.63, 3.8) is 0 Å². The minimum Gasteiger partial charge on any atom is -0.339 e. The highest BCUT2D eigenvalue weighted by Crippen LogP contribution is 2.23. The Hall–Kier alpha value is -1.75. The number of hydrogen-bond acceptors (Lipinski definition) is 4. The van der Waals surface area contributed by atoms with Gasteiger partial charge >= 0.3 is 0 Å². The van der Waals surface area contributed by atoms with Crippen LogP contribution >= 0.6 is 11.6 Å². The lowest BCUT2D eigenvalue weighted by molar-refractivity contribution is -0.125. The summed E-state index contributed by atoms with van der Waals surface area (Å²) in [5.41, 5.74) is 0.0722. The maximum Gasteiger partial charge on any atom is 0.234 e. The lowest BCUT2D eigenvalue weighted by Crippen LogP contribution is -2.22. The normalized spacial score (nSPS) is 11.7. The van der Waals surface area contributed by atoms with Crippen LogP contribution in [0.1, 0.15) is 26.7 Å². The first-order valence-corrected chi connectivity index (χ1v) is 6.46. The molecule has 0 bridgehead atoms. The number of ketones is 1. The van der Waals surface area contributed by atoms with E-state index in [-0.39, 0.29) is 28.9 Å². The molecule has 0 fully saturated rings. The van der Waals surface area contributed by atoms with Crippen LogP contribution in [0.3, 0.4) is 0 Å². The van der Waals surface area contributed by atoms with E-state index in [1.165, 1.54) is 18.2 Å². The second kappa shape index (κ2) is 5.32. The number of carbonyl (C=O) groups is 1. The van der Waals surface area contributed by atoms with Gasteiger partial charge in [-0.15, -0.1) is 0 Å². The summed E-state index contributed by atoms with van der Waals surface area (Å²) in [6, 6.07) is 4.15. The quantitative estimate of drug-likeness (QED) is 0.867. The van der Waals surface area contributed by atoms with Gasteiger partial charge in [0.15, 0.2) is 0 Å². The third-order valence-corrected chi connectivity index (χ3v) is 3.08. The molecule has 106 valence electrons. The molecule has 0 amide bonds. The molecule has 4 nitrogen and oxygen atoms in total. The van der Waals surface area contributed by atoms with Crippen molar-refractivity contribution in [1.82, 2.24) is 10.1 Å². The van der Waals surface area contributed by atoms with Gasteiger partial charge in [0, 0.05) is 11.0 Å². The van der Waals surface area contributed by atoms with E-state index < -0.39 is 11.2 Å². The number of nitrogens with zero attached hydrogens (tertiary/aromatic N) is 2. The molecule has 6 heteroatoms. The van der Waals surface area contributed by atoms with Crippen molar-refractivity contribution in [3.05, 3.63) is 34.9 Å². The zero-order valence-electron chi connectivity index (χ0n) is 11.4. The van der Waals surface area contributed by atoms with Crippen LogP contribution in [-0.4, -0.2) is 15.9 Å². The predicted molar refractivity (Wildman–Crippen MR) is 72.9 cm³/mol. The summed E-state index contributed by atoms with van der Waals surface area (Å²) < 4.78 is 18.1. The molecular formula is C14H14ClFN2O2. The minimum atomic E-state index is -0.512. The first kappa shape index (κ1) is 14.7. The van der Waals surface area contributed by atoms with E-state index in [4.69, 9.17) is 16.1 Å². The molecule has 0 aliphatic carbocycles. The fourth-order valence-corrected chi connectivity index (χ4v) is 1.66. The summed E-state index contributed by atoms with van der Waals surface area (Å²) in [4.78, 5) is 16.0. The van der Waals surface area contributed by atoms with Crippen molar-refractivity contribution in [2.45, 2.75) is 27.2 Å². The van der Waals surface area contributed by atoms with E-state index in [9.17, 15) is 9.18 Å². The largest absolute Gasteiger partial charge is 0.339 e. The van der Waals surface area contributed by atoms with Crippen LogP contribution < -0.4 is 0 Å². The zero-order valence-corrected chi connectivity index (χ0v) is 12.2. The van der Waals surface area contributed by atoms with E-state index in [1.807, 2.05) is 20.8 Å². The molecule has 1 aromatic carbocycles. The molecule has 0 saturated carbocycles. The van der Waals surface area contributed by atoms with Crippen molar-refractivity contribution in [2.24, 2.45) is 5.41 Å². The number of halogens is 2. The topological polar surface area (TPSA) is 56.0 Å². The standard InChI is InChI=1S/C14H14ClFN2O2/c1-14(2,3)11(19)7-12-17-13(18-20-12)8-4-5-10(16)9(15)6-8/h4-6H,7H2,1-3H3. The summed E-state index contributed by atoms with van der Waals surface area (Å²) in [7, 11) is 0. The smallest absolute Gasteiger partial charge is 0.234 e. The van der Waals surface area contributed by atoms with Crippen LogP contribution in [0.5, 0.6) is 0 Å². The van der Waals surface area contributed by atoms with Gasteiger partial charge in [-0.1, -0.05) is 37.5 Å². The third kappa shape index (κ3) is 3.22. The first-order valence-electron chi connectivity index (χ1n) is 6.08. The Kier molecular flexibility index (Phi) is 3.90. The molecule has 1 aromatic heterocycles. The number of benzene rings is 1. The maximum absolute atomic E-state index is 13.1. The molecule has 2 aromatic rings. The highest BCUT2D eigenvalue weighted by molar-refractivity contribution is 6.31. The van der Waals surface area contributed by atoms with Crippen LogP contribution in [0.15, 0.2) is 22.7 Å².